The quantitative estimate of drug-likeness (QED) is 0.0708. The first kappa shape index (κ1) is 46.9. The van der Waals surface area contributed by atoms with Gasteiger partial charge < -0.3 is 71.4 Å². The first-order valence-electron chi connectivity index (χ1n) is 22.4. The van der Waals surface area contributed by atoms with Crippen LogP contribution in [-0.4, -0.2) is 144 Å². The largest absolute Gasteiger partial charge is 0.487 e. The fourth-order valence-electron chi connectivity index (χ4n) is 9.05. The molecule has 0 amide bonds. The molecule has 0 aliphatic carbocycles. The molecule has 4 aliphatic heterocycles. The number of ether oxygens (including phenoxy) is 2. The lowest BCUT2D eigenvalue weighted by Crippen LogP contribution is -2.52. The maximum atomic E-state index is 15.7. The third kappa shape index (κ3) is 9.08. The number of nitrogens with zero attached hydrogens (tertiary/aromatic N) is 10. The highest BCUT2D eigenvalue weighted by Gasteiger charge is 2.34. The number of halogens is 2. The van der Waals surface area contributed by atoms with Crippen molar-refractivity contribution in [3.05, 3.63) is 67.7 Å². The van der Waals surface area contributed by atoms with Gasteiger partial charge in [-0.25, -0.2) is 18.4 Å². The molecule has 4 aliphatic rings. The van der Waals surface area contributed by atoms with E-state index < -0.39 is 45.6 Å². The second kappa shape index (κ2) is 19.3. The Labute approximate surface area is 387 Å². The molecule has 68 heavy (non-hydrogen) atoms. The summed E-state index contributed by atoms with van der Waals surface area (Å²) in [5.41, 5.74) is 23.4. The van der Waals surface area contributed by atoms with Crippen molar-refractivity contribution in [3.8, 4) is 11.5 Å². The van der Waals surface area contributed by atoms with Crippen LogP contribution in [0, 0.1) is 11.6 Å². The Balaban J connectivity index is 0.769. The monoisotopic (exact) mass is 944 g/mol. The molecule has 8 rings (SSSR count). The average molecular weight is 945 g/mol. The van der Waals surface area contributed by atoms with E-state index in [0.29, 0.717) is 76.5 Å². The number of guanidine groups is 4. The molecule has 24 heteroatoms. The highest BCUT2D eigenvalue weighted by atomic mass is 19.1. The second-order valence-electron chi connectivity index (χ2n) is 17.1. The van der Waals surface area contributed by atoms with Crippen LogP contribution < -0.4 is 53.1 Å². The van der Waals surface area contributed by atoms with Gasteiger partial charge in [-0.2, -0.15) is 9.98 Å². The first-order valence-corrected chi connectivity index (χ1v) is 22.4. The van der Waals surface area contributed by atoms with Crippen LogP contribution in [0.2, 0.25) is 0 Å². The lowest BCUT2D eigenvalue weighted by molar-refractivity contribution is 0.0683. The third-order valence-electron chi connectivity index (χ3n) is 12.7. The van der Waals surface area contributed by atoms with Crippen molar-refractivity contribution in [1.82, 2.24) is 18.9 Å². The number of benzene rings is 2. The van der Waals surface area contributed by atoms with Gasteiger partial charge in [0, 0.05) is 77.8 Å². The molecule has 0 saturated carbocycles. The van der Waals surface area contributed by atoms with Gasteiger partial charge in [0.05, 0.1) is 33.9 Å². The van der Waals surface area contributed by atoms with E-state index in [0.717, 1.165) is 37.8 Å². The molecule has 2 unspecified atom stereocenters. The number of carbonyl (C=O) groups is 2. The normalized spacial score (nSPS) is 19.1. The predicted molar refractivity (Wildman–Crippen MR) is 253 cm³/mol. The molecule has 0 radical (unpaired) electrons. The van der Waals surface area contributed by atoms with E-state index in [1.54, 1.807) is 9.13 Å². The summed E-state index contributed by atoms with van der Waals surface area (Å²) < 4.78 is 46.7. The standard InChI is InChI=1S/C44H54F2N14O8/c1-23-21-67-37-31-25(35(61)27(39(63)64)19-59(23)31)17-29(45)33(37)55-9-13-57(14-10-55)43(49)53-41(47)51-7-5-3-4-6-8-52-42(48)54-44(50)58-15-11-56(12-16-58)34-30(46)18-26-32-38(34)68-22-24(2)60(32)20-28(36(26)62)40(65)66/h17-20,23-24H,3-16,21-22H2,1-2H3,(H,63,64)(H,65,66)(H4,47,49,51,53)(H4,48,50,52,54). The number of unbranched alkanes of at least 4 members (excludes halogenated alkanes) is 3. The smallest absolute Gasteiger partial charge is 0.341 e. The van der Waals surface area contributed by atoms with Crippen molar-refractivity contribution in [2.75, 3.05) is 88.5 Å². The maximum Gasteiger partial charge on any atom is 0.341 e. The number of aliphatic imine (C=N–C) groups is 4. The van der Waals surface area contributed by atoms with Gasteiger partial charge in [-0.15, -0.1) is 0 Å². The zero-order valence-corrected chi connectivity index (χ0v) is 37.7. The Kier molecular flexibility index (Phi) is 13.3. The number of nitrogens with two attached hydrogens (primary N) is 4. The van der Waals surface area contributed by atoms with E-state index >= 15 is 8.78 Å². The predicted octanol–water partition coefficient (Wildman–Crippen LogP) is 1.66. The van der Waals surface area contributed by atoms with Gasteiger partial charge >= 0.3 is 11.9 Å². The van der Waals surface area contributed by atoms with Crippen molar-refractivity contribution in [1.29, 1.82) is 0 Å². The number of pyridine rings is 2. The summed E-state index contributed by atoms with van der Waals surface area (Å²) in [6.45, 7) is 7.86. The molecule has 6 heterocycles. The first-order chi connectivity index (χ1) is 32.5. The molecule has 10 N–H and O–H groups in total. The summed E-state index contributed by atoms with van der Waals surface area (Å²) in [6.07, 6.45) is 5.78. The Hall–Kier alpha value is -7.66. The number of aromatic carboxylic acids is 2. The molecular formula is C44H54F2N14O8. The Morgan fingerprint density at radius 3 is 1.35 bits per heavy atom. The molecule has 0 bridgehead atoms. The number of piperazine rings is 2. The van der Waals surface area contributed by atoms with Crippen LogP contribution in [0.3, 0.4) is 0 Å². The zero-order chi connectivity index (χ0) is 48.6. The van der Waals surface area contributed by atoms with E-state index in [4.69, 9.17) is 32.4 Å². The molecule has 2 aromatic heterocycles. The summed E-state index contributed by atoms with van der Waals surface area (Å²) in [6, 6.07) is 1.62. The number of carboxylic acid groups (broad SMARTS) is 2. The van der Waals surface area contributed by atoms with Gasteiger partial charge in [-0.05, 0) is 38.8 Å². The van der Waals surface area contributed by atoms with Crippen LogP contribution in [0.4, 0.5) is 20.2 Å². The molecule has 2 fully saturated rings. The maximum absolute atomic E-state index is 15.7. The summed E-state index contributed by atoms with van der Waals surface area (Å²) in [5.74, 6) is -3.31. The summed E-state index contributed by atoms with van der Waals surface area (Å²) in [7, 11) is 0. The Bertz CT molecular complexity index is 2720. The Morgan fingerprint density at radius 2 is 1.00 bits per heavy atom. The highest BCUT2D eigenvalue weighted by molar-refractivity contribution is 5.99. The van der Waals surface area contributed by atoms with Crippen molar-refractivity contribution in [2.45, 2.75) is 51.6 Å². The van der Waals surface area contributed by atoms with Crippen LogP contribution >= 0.6 is 0 Å². The lowest BCUT2D eigenvalue weighted by atomic mass is 10.1. The van der Waals surface area contributed by atoms with Gasteiger partial charge in [0.1, 0.15) is 35.7 Å². The topological polar surface area (TPSA) is 304 Å². The van der Waals surface area contributed by atoms with E-state index in [-0.39, 0.29) is 82.8 Å². The lowest BCUT2D eigenvalue weighted by Gasteiger charge is -2.38. The van der Waals surface area contributed by atoms with E-state index in [2.05, 4.69) is 20.0 Å². The number of hydrogen-bond acceptors (Lipinski definition) is 10. The van der Waals surface area contributed by atoms with Crippen molar-refractivity contribution in [2.24, 2.45) is 42.9 Å². The average Bonchev–Trinajstić information content (AvgIpc) is 3.30. The Morgan fingerprint density at radius 1 is 0.632 bits per heavy atom. The molecule has 4 aromatic rings. The van der Waals surface area contributed by atoms with Crippen molar-refractivity contribution in [3.63, 3.8) is 0 Å². The molecule has 2 saturated heterocycles. The number of hydrogen-bond donors (Lipinski definition) is 6. The SMILES string of the molecule is CC1COc2c(N3CCN(/C(N)=N/C(N)=NCCCCCCN=C(N)/N=C(\N)N4CCN(c5c(F)cc6c(=O)c(C(=O)O)cn7c6c5OCC7C)CC4)CC3)c(F)cc3c(=O)c(C(=O)O)cn1c23. The molecule has 362 valence electrons. The van der Waals surface area contributed by atoms with Gasteiger partial charge in [-0.1, -0.05) is 12.8 Å². The second-order valence-corrected chi connectivity index (χ2v) is 17.1. The van der Waals surface area contributed by atoms with Crippen LogP contribution in [0.5, 0.6) is 11.5 Å². The highest BCUT2D eigenvalue weighted by Crippen LogP contribution is 2.43. The van der Waals surface area contributed by atoms with Crippen molar-refractivity contribution < 1.29 is 38.1 Å². The summed E-state index contributed by atoms with van der Waals surface area (Å²) in [4.78, 5) is 73.9. The number of rotatable bonds is 11. The molecule has 2 atom stereocenters. The fourth-order valence-corrected chi connectivity index (χ4v) is 9.05. The molecule has 2 aromatic carbocycles. The van der Waals surface area contributed by atoms with Gasteiger partial charge in [0.15, 0.2) is 35.1 Å². The molecule has 0 spiro atoms. The number of carboxylic acids is 2. The minimum absolute atomic E-state index is 0.0360. The van der Waals surface area contributed by atoms with Crippen LogP contribution in [0.25, 0.3) is 21.8 Å². The zero-order valence-electron chi connectivity index (χ0n) is 37.7. The van der Waals surface area contributed by atoms with Gasteiger partial charge in [-0.3, -0.25) is 19.6 Å². The summed E-state index contributed by atoms with van der Waals surface area (Å²) in [5, 5.41) is 19.0. The van der Waals surface area contributed by atoms with E-state index in [1.807, 2.05) is 33.4 Å². The van der Waals surface area contributed by atoms with Crippen LogP contribution in [0.15, 0.2) is 54.1 Å². The molecule has 22 nitrogen and oxygen atoms in total. The fraction of sp³-hybridized carbons (Fsp3) is 0.455. The summed E-state index contributed by atoms with van der Waals surface area (Å²) >= 11 is 0. The van der Waals surface area contributed by atoms with Crippen LogP contribution in [-0.2, 0) is 0 Å². The number of aromatic nitrogens is 2. The van der Waals surface area contributed by atoms with Crippen LogP contribution in [0.1, 0.15) is 72.3 Å². The van der Waals surface area contributed by atoms with Crippen molar-refractivity contribution >= 4 is 69.0 Å². The molecular weight excluding hydrogens is 891 g/mol. The van der Waals surface area contributed by atoms with E-state index in [9.17, 15) is 29.4 Å². The number of anilines is 2. The van der Waals surface area contributed by atoms with E-state index in [1.165, 1.54) is 12.4 Å². The minimum atomic E-state index is -1.38. The minimum Gasteiger partial charge on any atom is -0.487 e. The van der Waals surface area contributed by atoms with Gasteiger partial charge in [0.2, 0.25) is 22.8 Å². The third-order valence-corrected chi connectivity index (χ3v) is 12.7. The van der Waals surface area contributed by atoms with Gasteiger partial charge in [0.25, 0.3) is 0 Å².